The fraction of sp³-hybridized carbons (Fsp3) is 1.00. The van der Waals surface area contributed by atoms with Crippen LogP contribution in [0.25, 0.3) is 0 Å². The maximum absolute atomic E-state index is 9.90. The summed E-state index contributed by atoms with van der Waals surface area (Å²) in [7, 11) is 3.99. The molecule has 0 amide bonds. The van der Waals surface area contributed by atoms with Gasteiger partial charge >= 0.3 is 0 Å². The maximum Gasteiger partial charge on any atom is 0.159 e. The second kappa shape index (κ2) is 6.46. The minimum Gasteiger partial charge on any atom is -0.368 e. The minimum atomic E-state index is -0.667. The van der Waals surface area contributed by atoms with Gasteiger partial charge in [-0.3, -0.25) is 0 Å². The number of hydrogen-bond acceptors (Lipinski definition) is 3. The van der Waals surface area contributed by atoms with Gasteiger partial charge in [-0.05, 0) is 26.4 Å². The topological polar surface area (TPSA) is 32.7 Å². The highest BCUT2D eigenvalue weighted by molar-refractivity contribution is 4.73. The lowest BCUT2D eigenvalue weighted by Gasteiger charge is -2.32. The molecule has 0 heterocycles. The average molecular weight is 217 g/mol. The van der Waals surface area contributed by atoms with E-state index in [1.54, 1.807) is 0 Å². The fourth-order valence-corrected chi connectivity index (χ4v) is 1.73. The highest BCUT2D eigenvalue weighted by atomic mass is 16.6. The molecule has 15 heavy (non-hydrogen) atoms. The second-order valence-corrected chi connectivity index (χ2v) is 5.61. The summed E-state index contributed by atoms with van der Waals surface area (Å²) in [5, 5.41) is 9.90. The van der Waals surface area contributed by atoms with Gasteiger partial charge in [-0.1, -0.05) is 27.7 Å². The molecule has 0 saturated carbocycles. The van der Waals surface area contributed by atoms with Gasteiger partial charge in [-0.2, -0.15) is 0 Å². The molecule has 0 aromatic heterocycles. The maximum atomic E-state index is 9.90. The van der Waals surface area contributed by atoms with E-state index in [0.717, 1.165) is 13.0 Å². The number of rotatable bonds is 7. The second-order valence-electron chi connectivity index (χ2n) is 5.61. The average Bonchev–Trinajstić information content (AvgIpc) is 2.00. The summed E-state index contributed by atoms with van der Waals surface area (Å²) in [6.45, 7) is 9.84. The first kappa shape index (κ1) is 14.9. The first-order chi connectivity index (χ1) is 6.75. The Bertz CT molecular complexity index is 167. The molecule has 0 aromatic carbocycles. The molecule has 0 aliphatic heterocycles. The van der Waals surface area contributed by atoms with Crippen LogP contribution in [0, 0.1) is 11.3 Å². The van der Waals surface area contributed by atoms with Crippen molar-refractivity contribution in [2.24, 2.45) is 11.3 Å². The quantitative estimate of drug-likeness (QED) is 0.662. The lowest BCUT2D eigenvalue weighted by molar-refractivity contribution is -0.170. The summed E-state index contributed by atoms with van der Waals surface area (Å²) in [6.07, 6.45) is 0.302. The Labute approximate surface area is 94.4 Å². The zero-order chi connectivity index (χ0) is 12.1. The predicted octanol–water partition coefficient (Wildman–Crippen LogP) is 1.96. The number of ether oxygens (including phenoxy) is 1. The third-order valence-electron chi connectivity index (χ3n) is 2.42. The highest BCUT2D eigenvalue weighted by Crippen LogP contribution is 2.29. The number of nitrogens with zero attached hydrogens (tertiary/aromatic N) is 1. The smallest absolute Gasteiger partial charge is 0.159 e. The third kappa shape index (κ3) is 6.88. The standard InChI is InChI=1S/C12H27NO2/c1-10(2)9-12(3,4)11(14)15-8-7-13(5)6/h10-11,14H,7-9H2,1-6H3. The summed E-state index contributed by atoms with van der Waals surface area (Å²) >= 11 is 0. The summed E-state index contributed by atoms with van der Waals surface area (Å²) in [5.41, 5.74) is -0.166. The summed E-state index contributed by atoms with van der Waals surface area (Å²) < 4.78 is 5.43. The van der Waals surface area contributed by atoms with E-state index in [1.807, 2.05) is 32.8 Å². The SMILES string of the molecule is CC(C)CC(C)(C)C(O)OCCN(C)C. The van der Waals surface area contributed by atoms with E-state index in [4.69, 9.17) is 4.74 Å². The summed E-state index contributed by atoms with van der Waals surface area (Å²) in [4.78, 5) is 2.04. The summed E-state index contributed by atoms with van der Waals surface area (Å²) in [6, 6.07) is 0. The molecular formula is C12H27NO2. The van der Waals surface area contributed by atoms with Gasteiger partial charge in [0.05, 0.1) is 6.61 Å². The van der Waals surface area contributed by atoms with Gasteiger partial charge in [-0.15, -0.1) is 0 Å². The lowest BCUT2D eigenvalue weighted by atomic mass is 9.83. The van der Waals surface area contributed by atoms with Crippen LogP contribution in [-0.2, 0) is 4.74 Å². The van der Waals surface area contributed by atoms with Gasteiger partial charge in [0.15, 0.2) is 6.29 Å². The number of hydrogen-bond donors (Lipinski definition) is 1. The summed E-state index contributed by atoms with van der Waals surface area (Å²) in [5.74, 6) is 0.576. The van der Waals surface area contributed by atoms with Gasteiger partial charge in [0, 0.05) is 12.0 Å². The predicted molar refractivity (Wildman–Crippen MR) is 63.7 cm³/mol. The zero-order valence-electron chi connectivity index (χ0n) is 11.1. The molecule has 3 nitrogen and oxygen atoms in total. The van der Waals surface area contributed by atoms with Crippen LogP contribution in [0.1, 0.15) is 34.1 Å². The van der Waals surface area contributed by atoms with Crippen molar-refractivity contribution in [1.29, 1.82) is 0 Å². The molecule has 1 atom stereocenters. The van der Waals surface area contributed by atoms with Crippen molar-refractivity contribution in [1.82, 2.24) is 4.90 Å². The molecule has 0 bridgehead atoms. The molecule has 0 aromatic rings. The molecule has 0 spiro atoms. The van der Waals surface area contributed by atoms with Gasteiger partial charge in [-0.25, -0.2) is 0 Å². The van der Waals surface area contributed by atoms with E-state index in [-0.39, 0.29) is 5.41 Å². The van der Waals surface area contributed by atoms with Crippen molar-refractivity contribution in [3.8, 4) is 0 Å². The largest absolute Gasteiger partial charge is 0.368 e. The van der Waals surface area contributed by atoms with Crippen molar-refractivity contribution in [3.05, 3.63) is 0 Å². The molecule has 0 fully saturated rings. The molecule has 0 rings (SSSR count). The van der Waals surface area contributed by atoms with Crippen LogP contribution in [0.3, 0.4) is 0 Å². The minimum absolute atomic E-state index is 0.166. The normalized spacial score (nSPS) is 15.0. The first-order valence-electron chi connectivity index (χ1n) is 5.70. The van der Waals surface area contributed by atoms with E-state index in [9.17, 15) is 5.11 Å². The highest BCUT2D eigenvalue weighted by Gasteiger charge is 2.29. The third-order valence-corrected chi connectivity index (χ3v) is 2.42. The molecule has 1 N–H and O–H groups in total. The zero-order valence-corrected chi connectivity index (χ0v) is 11.1. The van der Waals surface area contributed by atoms with Gasteiger partial charge < -0.3 is 14.7 Å². The molecule has 0 aliphatic rings. The Morgan fingerprint density at radius 3 is 2.20 bits per heavy atom. The van der Waals surface area contributed by atoms with Crippen LogP contribution in [0.15, 0.2) is 0 Å². The Hall–Kier alpha value is -0.120. The number of aliphatic hydroxyl groups excluding tert-OH is 1. The van der Waals surface area contributed by atoms with Crippen molar-refractivity contribution in [2.45, 2.75) is 40.4 Å². The molecule has 0 saturated heterocycles. The van der Waals surface area contributed by atoms with Crippen LogP contribution in [-0.4, -0.2) is 43.5 Å². The van der Waals surface area contributed by atoms with E-state index < -0.39 is 6.29 Å². The Morgan fingerprint density at radius 2 is 1.80 bits per heavy atom. The molecule has 92 valence electrons. The lowest BCUT2D eigenvalue weighted by Crippen LogP contribution is -2.35. The molecule has 1 unspecified atom stereocenters. The van der Waals surface area contributed by atoms with Crippen LogP contribution in [0.4, 0.5) is 0 Å². The molecule has 0 aliphatic carbocycles. The van der Waals surface area contributed by atoms with Crippen molar-refractivity contribution in [3.63, 3.8) is 0 Å². The van der Waals surface area contributed by atoms with E-state index >= 15 is 0 Å². The number of aliphatic hydroxyl groups is 1. The van der Waals surface area contributed by atoms with Gasteiger partial charge in [0.25, 0.3) is 0 Å². The first-order valence-corrected chi connectivity index (χ1v) is 5.70. The molecule has 3 heteroatoms. The van der Waals surface area contributed by atoms with E-state index in [2.05, 4.69) is 13.8 Å². The van der Waals surface area contributed by atoms with Crippen molar-refractivity contribution >= 4 is 0 Å². The van der Waals surface area contributed by atoms with Crippen molar-refractivity contribution < 1.29 is 9.84 Å². The Kier molecular flexibility index (Phi) is 6.41. The molecular weight excluding hydrogens is 190 g/mol. The van der Waals surface area contributed by atoms with Crippen LogP contribution >= 0.6 is 0 Å². The van der Waals surface area contributed by atoms with Gasteiger partial charge in [0.1, 0.15) is 0 Å². The Balaban J connectivity index is 3.90. The van der Waals surface area contributed by atoms with Gasteiger partial charge in [0.2, 0.25) is 0 Å². The Morgan fingerprint density at radius 1 is 1.27 bits per heavy atom. The fourth-order valence-electron chi connectivity index (χ4n) is 1.73. The number of likely N-dealkylation sites (N-methyl/N-ethyl adjacent to an activating group) is 1. The van der Waals surface area contributed by atoms with Crippen molar-refractivity contribution in [2.75, 3.05) is 27.2 Å². The monoisotopic (exact) mass is 217 g/mol. The van der Waals surface area contributed by atoms with Crippen LogP contribution in [0.5, 0.6) is 0 Å². The van der Waals surface area contributed by atoms with E-state index in [0.29, 0.717) is 12.5 Å². The van der Waals surface area contributed by atoms with Crippen LogP contribution in [0.2, 0.25) is 0 Å². The van der Waals surface area contributed by atoms with E-state index in [1.165, 1.54) is 0 Å². The molecule has 0 radical (unpaired) electrons. The van der Waals surface area contributed by atoms with Crippen LogP contribution < -0.4 is 0 Å².